The molecule has 15 heavy (non-hydrogen) atoms. The minimum absolute atomic E-state index is 0.316. The van der Waals surface area contributed by atoms with E-state index in [0.29, 0.717) is 12.6 Å². The summed E-state index contributed by atoms with van der Waals surface area (Å²) in [6.07, 6.45) is 0. The Labute approximate surface area is 92.0 Å². The molecule has 1 aromatic rings. The lowest BCUT2D eigenvalue weighted by Gasteiger charge is -2.21. The van der Waals surface area contributed by atoms with Crippen LogP contribution in [0.2, 0.25) is 0 Å². The van der Waals surface area contributed by atoms with Gasteiger partial charge >= 0.3 is 0 Å². The van der Waals surface area contributed by atoms with Gasteiger partial charge in [-0.05, 0) is 19.1 Å². The summed E-state index contributed by atoms with van der Waals surface area (Å²) in [5.74, 6) is 0. The van der Waals surface area contributed by atoms with E-state index < -0.39 is 0 Å². The van der Waals surface area contributed by atoms with Crippen molar-refractivity contribution in [1.82, 2.24) is 0 Å². The van der Waals surface area contributed by atoms with Crippen LogP contribution < -0.4 is 10.2 Å². The number of methoxy groups -OCH3 is 1. The monoisotopic (exact) mass is 208 g/mol. The van der Waals surface area contributed by atoms with Crippen LogP contribution in [0.5, 0.6) is 0 Å². The van der Waals surface area contributed by atoms with Crippen LogP contribution in [0.25, 0.3) is 0 Å². The molecule has 3 heteroatoms. The fraction of sp³-hybridized carbons (Fsp3) is 0.500. The summed E-state index contributed by atoms with van der Waals surface area (Å²) < 4.78 is 5.10. The van der Waals surface area contributed by atoms with Gasteiger partial charge < -0.3 is 15.0 Å². The molecular weight excluding hydrogens is 188 g/mol. The number of ether oxygens (including phenoxy) is 1. The van der Waals surface area contributed by atoms with E-state index in [0.717, 1.165) is 5.69 Å². The van der Waals surface area contributed by atoms with Gasteiger partial charge in [0.1, 0.15) is 0 Å². The third kappa shape index (κ3) is 3.44. The van der Waals surface area contributed by atoms with Crippen LogP contribution in [0.15, 0.2) is 24.3 Å². The summed E-state index contributed by atoms with van der Waals surface area (Å²) in [7, 11) is 5.80. The first-order valence-electron chi connectivity index (χ1n) is 5.17. The van der Waals surface area contributed by atoms with Crippen LogP contribution >= 0.6 is 0 Å². The van der Waals surface area contributed by atoms with Crippen molar-refractivity contribution in [3.8, 4) is 0 Å². The first kappa shape index (κ1) is 11.9. The van der Waals surface area contributed by atoms with Gasteiger partial charge in [0.05, 0.1) is 18.0 Å². The minimum atomic E-state index is 0.316. The predicted octanol–water partition coefficient (Wildman–Crippen LogP) is 2.20. The largest absolute Gasteiger partial charge is 0.383 e. The van der Waals surface area contributed by atoms with Gasteiger partial charge in [-0.1, -0.05) is 12.1 Å². The summed E-state index contributed by atoms with van der Waals surface area (Å²) in [5.41, 5.74) is 2.34. The maximum atomic E-state index is 5.10. The van der Waals surface area contributed by atoms with Crippen LogP contribution in [-0.4, -0.2) is 33.9 Å². The molecule has 0 amide bonds. The number of nitrogens with one attached hydrogen (secondary N) is 1. The molecule has 0 spiro atoms. The number of hydrogen-bond acceptors (Lipinski definition) is 3. The molecule has 0 aliphatic rings. The first-order chi connectivity index (χ1) is 7.15. The van der Waals surface area contributed by atoms with Gasteiger partial charge in [0.25, 0.3) is 0 Å². The summed E-state index contributed by atoms with van der Waals surface area (Å²) in [6.45, 7) is 2.82. The van der Waals surface area contributed by atoms with Crippen molar-refractivity contribution in [3.63, 3.8) is 0 Å². The smallest absolute Gasteiger partial charge is 0.0661 e. The van der Waals surface area contributed by atoms with Crippen molar-refractivity contribution >= 4 is 11.4 Å². The molecule has 0 fully saturated rings. The van der Waals surface area contributed by atoms with Gasteiger partial charge in [-0.3, -0.25) is 0 Å². The topological polar surface area (TPSA) is 24.5 Å². The van der Waals surface area contributed by atoms with Crippen LogP contribution in [0, 0.1) is 0 Å². The zero-order valence-electron chi connectivity index (χ0n) is 9.95. The lowest BCUT2D eigenvalue weighted by molar-refractivity contribution is 0.190. The molecule has 3 nitrogen and oxygen atoms in total. The van der Waals surface area contributed by atoms with Gasteiger partial charge in [-0.15, -0.1) is 0 Å². The van der Waals surface area contributed by atoms with Crippen molar-refractivity contribution in [2.24, 2.45) is 0 Å². The van der Waals surface area contributed by atoms with Crippen molar-refractivity contribution in [2.75, 3.05) is 38.0 Å². The Morgan fingerprint density at radius 1 is 1.33 bits per heavy atom. The Balaban J connectivity index is 2.75. The highest BCUT2D eigenvalue weighted by Crippen LogP contribution is 2.23. The second-order valence-corrected chi connectivity index (χ2v) is 3.91. The fourth-order valence-electron chi connectivity index (χ4n) is 1.54. The Morgan fingerprint density at radius 3 is 2.60 bits per heavy atom. The molecule has 0 saturated heterocycles. The number of para-hydroxylation sites is 2. The van der Waals surface area contributed by atoms with Crippen LogP contribution in [0.1, 0.15) is 6.92 Å². The summed E-state index contributed by atoms with van der Waals surface area (Å²) in [4.78, 5) is 2.10. The van der Waals surface area contributed by atoms with E-state index in [2.05, 4.69) is 29.3 Å². The van der Waals surface area contributed by atoms with Gasteiger partial charge in [-0.2, -0.15) is 0 Å². The van der Waals surface area contributed by atoms with E-state index in [4.69, 9.17) is 4.74 Å². The maximum absolute atomic E-state index is 5.10. The molecule has 84 valence electrons. The van der Waals surface area contributed by atoms with Crippen LogP contribution in [0.4, 0.5) is 11.4 Å². The molecule has 0 aliphatic carbocycles. The summed E-state index contributed by atoms with van der Waals surface area (Å²) in [6, 6.07) is 8.58. The highest BCUT2D eigenvalue weighted by atomic mass is 16.5. The summed E-state index contributed by atoms with van der Waals surface area (Å²) in [5, 5.41) is 3.43. The molecule has 0 radical (unpaired) electrons. The third-order valence-corrected chi connectivity index (χ3v) is 2.20. The highest BCUT2D eigenvalue weighted by Gasteiger charge is 2.06. The normalized spacial score (nSPS) is 12.3. The number of nitrogens with zero attached hydrogens (tertiary/aromatic N) is 1. The Kier molecular flexibility index (Phi) is 4.43. The highest BCUT2D eigenvalue weighted by molar-refractivity contribution is 5.69. The molecule has 0 aliphatic heterocycles. The summed E-state index contributed by atoms with van der Waals surface area (Å²) >= 11 is 0. The zero-order chi connectivity index (χ0) is 11.3. The molecule has 1 atom stereocenters. The number of rotatable bonds is 5. The second-order valence-electron chi connectivity index (χ2n) is 3.91. The lowest BCUT2D eigenvalue weighted by atomic mass is 10.2. The molecular formula is C12H20N2O. The van der Waals surface area contributed by atoms with E-state index in [1.165, 1.54) is 5.69 Å². The lowest BCUT2D eigenvalue weighted by Crippen LogP contribution is -2.22. The SMILES string of the molecule is COCC(C)Nc1ccccc1N(C)C. The quantitative estimate of drug-likeness (QED) is 0.803. The first-order valence-corrected chi connectivity index (χ1v) is 5.17. The van der Waals surface area contributed by atoms with Crippen molar-refractivity contribution in [3.05, 3.63) is 24.3 Å². The van der Waals surface area contributed by atoms with E-state index in [1.54, 1.807) is 7.11 Å². The van der Waals surface area contributed by atoms with Crippen molar-refractivity contribution < 1.29 is 4.74 Å². The van der Waals surface area contributed by atoms with E-state index in [1.807, 2.05) is 26.2 Å². The van der Waals surface area contributed by atoms with E-state index >= 15 is 0 Å². The predicted molar refractivity (Wildman–Crippen MR) is 65.7 cm³/mol. The Morgan fingerprint density at radius 2 is 2.00 bits per heavy atom. The minimum Gasteiger partial charge on any atom is -0.383 e. The van der Waals surface area contributed by atoms with E-state index in [-0.39, 0.29) is 0 Å². The van der Waals surface area contributed by atoms with Crippen molar-refractivity contribution in [2.45, 2.75) is 13.0 Å². The zero-order valence-corrected chi connectivity index (χ0v) is 9.95. The van der Waals surface area contributed by atoms with E-state index in [9.17, 15) is 0 Å². The molecule has 0 saturated carbocycles. The van der Waals surface area contributed by atoms with Gasteiger partial charge in [0, 0.05) is 27.2 Å². The average Bonchev–Trinajstić information content (AvgIpc) is 2.18. The average molecular weight is 208 g/mol. The molecule has 0 bridgehead atoms. The molecule has 1 rings (SSSR count). The van der Waals surface area contributed by atoms with Gasteiger partial charge in [0.2, 0.25) is 0 Å². The second kappa shape index (κ2) is 5.61. The number of benzene rings is 1. The van der Waals surface area contributed by atoms with Gasteiger partial charge in [0.15, 0.2) is 0 Å². The standard InChI is InChI=1S/C12H20N2O/c1-10(9-15-4)13-11-7-5-6-8-12(11)14(2)3/h5-8,10,13H,9H2,1-4H3. The third-order valence-electron chi connectivity index (χ3n) is 2.20. The Hall–Kier alpha value is -1.22. The maximum Gasteiger partial charge on any atom is 0.0661 e. The molecule has 0 heterocycles. The number of hydrogen-bond donors (Lipinski definition) is 1. The van der Waals surface area contributed by atoms with Crippen molar-refractivity contribution in [1.29, 1.82) is 0 Å². The van der Waals surface area contributed by atoms with Crippen LogP contribution in [0.3, 0.4) is 0 Å². The molecule has 0 aromatic heterocycles. The molecule has 1 unspecified atom stereocenters. The number of anilines is 2. The molecule has 1 N–H and O–H groups in total. The Bertz CT molecular complexity index is 299. The van der Waals surface area contributed by atoms with Gasteiger partial charge in [-0.25, -0.2) is 0 Å². The fourth-order valence-corrected chi connectivity index (χ4v) is 1.54. The van der Waals surface area contributed by atoms with Crippen LogP contribution in [-0.2, 0) is 4.74 Å². The molecule has 1 aromatic carbocycles.